The van der Waals surface area contributed by atoms with Gasteiger partial charge in [-0.15, -0.1) is 0 Å². The maximum Gasteiger partial charge on any atom is 0.229 e. The zero-order valence-electron chi connectivity index (χ0n) is 11.2. The fraction of sp³-hybridized carbons (Fsp3) is 0.143. The predicted octanol–water partition coefficient (Wildman–Crippen LogP) is 3.46. The molecule has 0 amide bonds. The molecule has 0 spiro atoms. The van der Waals surface area contributed by atoms with Crippen LogP contribution >= 0.6 is 11.6 Å². The summed E-state index contributed by atoms with van der Waals surface area (Å²) in [5, 5.41) is 3.17. The highest BCUT2D eigenvalue weighted by molar-refractivity contribution is 7.92. The third-order valence-electron chi connectivity index (χ3n) is 2.65. The lowest BCUT2D eigenvalue weighted by Gasteiger charge is -2.09. The van der Waals surface area contributed by atoms with Crippen LogP contribution in [0.25, 0.3) is 0 Å². The summed E-state index contributed by atoms with van der Waals surface area (Å²) in [5.41, 5.74) is 1.92. The van der Waals surface area contributed by atoms with Crippen LogP contribution in [0.1, 0.15) is 5.56 Å². The van der Waals surface area contributed by atoms with Gasteiger partial charge in [0.15, 0.2) is 0 Å². The van der Waals surface area contributed by atoms with Crippen molar-refractivity contribution >= 4 is 33.0 Å². The van der Waals surface area contributed by atoms with E-state index in [4.69, 9.17) is 11.6 Å². The van der Waals surface area contributed by atoms with Gasteiger partial charge < -0.3 is 5.32 Å². The van der Waals surface area contributed by atoms with Crippen molar-refractivity contribution in [3.63, 3.8) is 0 Å². The third kappa shape index (κ3) is 4.91. The summed E-state index contributed by atoms with van der Waals surface area (Å²) in [6.07, 6.45) is 1.09. The Bertz CT molecular complexity index is 750. The van der Waals surface area contributed by atoms with Crippen LogP contribution in [0.15, 0.2) is 42.5 Å². The van der Waals surface area contributed by atoms with Crippen LogP contribution in [0.4, 0.5) is 15.8 Å². The minimum atomic E-state index is -3.31. The minimum Gasteiger partial charge on any atom is -0.381 e. The Morgan fingerprint density at radius 2 is 1.86 bits per heavy atom. The highest BCUT2D eigenvalue weighted by Gasteiger charge is 2.04. The summed E-state index contributed by atoms with van der Waals surface area (Å²) in [6, 6.07) is 11.4. The number of benzene rings is 2. The highest BCUT2D eigenvalue weighted by Crippen LogP contribution is 2.19. The summed E-state index contributed by atoms with van der Waals surface area (Å²) in [6.45, 7) is 0.399. The van der Waals surface area contributed by atoms with Gasteiger partial charge in [0.2, 0.25) is 10.0 Å². The molecular formula is C14H14ClFN2O2S. The average Bonchev–Trinajstić information content (AvgIpc) is 2.39. The van der Waals surface area contributed by atoms with E-state index in [1.165, 1.54) is 12.1 Å². The second kappa shape index (κ2) is 6.32. The van der Waals surface area contributed by atoms with Gasteiger partial charge in [0.25, 0.3) is 0 Å². The van der Waals surface area contributed by atoms with Crippen LogP contribution in [-0.2, 0) is 16.6 Å². The van der Waals surface area contributed by atoms with Crippen molar-refractivity contribution in [3.05, 3.63) is 58.9 Å². The third-order valence-corrected chi connectivity index (χ3v) is 3.56. The van der Waals surface area contributed by atoms with Crippen LogP contribution in [-0.4, -0.2) is 14.7 Å². The lowest BCUT2D eigenvalue weighted by molar-refractivity contribution is 0.607. The Morgan fingerprint density at radius 1 is 1.14 bits per heavy atom. The molecule has 0 saturated heterocycles. The quantitative estimate of drug-likeness (QED) is 0.883. The molecule has 0 radical (unpaired) electrons. The second-order valence-electron chi connectivity index (χ2n) is 4.56. The highest BCUT2D eigenvalue weighted by atomic mass is 35.5. The van der Waals surface area contributed by atoms with Gasteiger partial charge in [-0.05, 0) is 35.9 Å². The number of nitrogens with one attached hydrogen (secondary N) is 2. The molecule has 2 aromatic rings. The number of sulfonamides is 1. The zero-order chi connectivity index (χ0) is 15.5. The molecule has 0 saturated carbocycles. The smallest absolute Gasteiger partial charge is 0.229 e. The summed E-state index contributed by atoms with van der Waals surface area (Å²) in [5.74, 6) is -0.469. The van der Waals surface area contributed by atoms with Crippen LogP contribution < -0.4 is 10.0 Å². The average molecular weight is 329 g/mol. The molecule has 0 bridgehead atoms. The first-order valence-corrected chi connectivity index (χ1v) is 8.36. The van der Waals surface area contributed by atoms with E-state index in [2.05, 4.69) is 10.0 Å². The van der Waals surface area contributed by atoms with Gasteiger partial charge >= 0.3 is 0 Å². The molecule has 0 aliphatic rings. The van der Waals surface area contributed by atoms with E-state index in [1.54, 1.807) is 30.3 Å². The fourth-order valence-electron chi connectivity index (χ4n) is 1.76. The van der Waals surface area contributed by atoms with Crippen molar-refractivity contribution in [1.82, 2.24) is 0 Å². The molecule has 2 N–H and O–H groups in total. The Hall–Kier alpha value is -1.79. The molecule has 2 rings (SSSR count). The molecule has 2 aromatic carbocycles. The van der Waals surface area contributed by atoms with Gasteiger partial charge in [0, 0.05) is 12.2 Å². The molecule has 0 atom stereocenters. The van der Waals surface area contributed by atoms with Crippen LogP contribution in [0.5, 0.6) is 0 Å². The van der Waals surface area contributed by atoms with Crippen LogP contribution in [0.3, 0.4) is 0 Å². The largest absolute Gasteiger partial charge is 0.381 e. The Kier molecular flexibility index (Phi) is 4.69. The lowest BCUT2D eigenvalue weighted by Crippen LogP contribution is -2.09. The molecule has 0 fully saturated rings. The number of rotatable bonds is 5. The van der Waals surface area contributed by atoms with Crippen LogP contribution in [0, 0.1) is 5.82 Å². The van der Waals surface area contributed by atoms with Crippen molar-refractivity contribution in [1.29, 1.82) is 0 Å². The maximum absolute atomic E-state index is 13.3. The molecule has 21 heavy (non-hydrogen) atoms. The van der Waals surface area contributed by atoms with E-state index >= 15 is 0 Å². The van der Waals surface area contributed by atoms with Crippen molar-refractivity contribution in [2.24, 2.45) is 0 Å². The first-order valence-electron chi connectivity index (χ1n) is 6.09. The number of halogens is 2. The number of anilines is 2. The molecule has 7 heteroatoms. The van der Waals surface area contributed by atoms with Gasteiger partial charge in [-0.1, -0.05) is 23.7 Å². The Labute approximate surface area is 128 Å². The van der Waals surface area contributed by atoms with E-state index in [1.807, 2.05) is 0 Å². The van der Waals surface area contributed by atoms with E-state index in [-0.39, 0.29) is 5.02 Å². The van der Waals surface area contributed by atoms with Crippen LogP contribution in [0.2, 0.25) is 5.02 Å². The predicted molar refractivity (Wildman–Crippen MR) is 83.6 cm³/mol. The first kappa shape index (κ1) is 15.6. The molecule has 0 aromatic heterocycles. The molecular weight excluding hydrogens is 315 g/mol. The van der Waals surface area contributed by atoms with E-state index in [9.17, 15) is 12.8 Å². The van der Waals surface area contributed by atoms with E-state index in [0.717, 1.165) is 17.5 Å². The van der Waals surface area contributed by atoms with Gasteiger partial charge in [-0.25, -0.2) is 12.8 Å². The molecule has 112 valence electrons. The topological polar surface area (TPSA) is 58.2 Å². The first-order chi connectivity index (χ1) is 9.83. The van der Waals surface area contributed by atoms with Gasteiger partial charge in [0.1, 0.15) is 5.82 Å². The van der Waals surface area contributed by atoms with Gasteiger partial charge in [-0.2, -0.15) is 0 Å². The summed E-state index contributed by atoms with van der Waals surface area (Å²) >= 11 is 5.62. The monoisotopic (exact) mass is 328 g/mol. The normalized spacial score (nSPS) is 11.2. The maximum atomic E-state index is 13.3. The Morgan fingerprint density at radius 3 is 2.52 bits per heavy atom. The second-order valence-corrected chi connectivity index (χ2v) is 6.71. The SMILES string of the molecule is CS(=O)(=O)Nc1cccc(NCc2ccc(Cl)c(F)c2)c1. The molecule has 0 aliphatic heterocycles. The molecule has 0 heterocycles. The Balaban J connectivity index is 2.06. The van der Waals surface area contributed by atoms with Crippen molar-refractivity contribution in [3.8, 4) is 0 Å². The molecule has 0 unspecified atom stereocenters. The number of hydrogen-bond donors (Lipinski definition) is 2. The summed E-state index contributed by atoms with van der Waals surface area (Å²) in [4.78, 5) is 0. The molecule has 4 nitrogen and oxygen atoms in total. The summed E-state index contributed by atoms with van der Waals surface area (Å²) < 4.78 is 38.1. The van der Waals surface area contributed by atoms with E-state index in [0.29, 0.717) is 12.2 Å². The number of hydrogen-bond acceptors (Lipinski definition) is 3. The van der Waals surface area contributed by atoms with Crippen molar-refractivity contribution < 1.29 is 12.8 Å². The molecule has 0 aliphatic carbocycles. The van der Waals surface area contributed by atoms with Gasteiger partial charge in [-0.3, -0.25) is 4.72 Å². The minimum absolute atomic E-state index is 0.0816. The standard InChI is InChI=1S/C14H14ClFN2O2S/c1-21(19,20)18-12-4-2-3-11(8-12)17-9-10-5-6-13(15)14(16)7-10/h2-8,17-18H,9H2,1H3. The van der Waals surface area contributed by atoms with Gasteiger partial charge in [0.05, 0.1) is 17.0 Å². The van der Waals surface area contributed by atoms with Crippen molar-refractivity contribution in [2.45, 2.75) is 6.54 Å². The van der Waals surface area contributed by atoms with Crippen molar-refractivity contribution in [2.75, 3.05) is 16.3 Å². The fourth-order valence-corrected chi connectivity index (χ4v) is 2.43. The lowest BCUT2D eigenvalue weighted by atomic mass is 10.2. The zero-order valence-corrected chi connectivity index (χ0v) is 12.8. The van der Waals surface area contributed by atoms with E-state index < -0.39 is 15.8 Å². The summed E-state index contributed by atoms with van der Waals surface area (Å²) in [7, 11) is -3.31.